The minimum atomic E-state index is -1.19. The summed E-state index contributed by atoms with van der Waals surface area (Å²) in [7, 11) is 1.48. The first-order valence-corrected chi connectivity index (χ1v) is 9.16. The molecule has 1 heterocycles. The van der Waals surface area contributed by atoms with E-state index in [9.17, 15) is 19.5 Å². The van der Waals surface area contributed by atoms with Crippen molar-refractivity contribution < 1.29 is 24.2 Å². The van der Waals surface area contributed by atoms with E-state index in [2.05, 4.69) is 10.6 Å². The van der Waals surface area contributed by atoms with Crippen molar-refractivity contribution in [2.75, 3.05) is 25.1 Å². The number of methoxy groups -OCH3 is 1. The zero-order valence-corrected chi connectivity index (χ0v) is 16.5. The van der Waals surface area contributed by atoms with Gasteiger partial charge in [0.1, 0.15) is 5.75 Å². The molecule has 3 amide bonds. The molecule has 0 saturated carbocycles. The number of urea groups is 1. The summed E-state index contributed by atoms with van der Waals surface area (Å²) in [6.07, 6.45) is 0. The first kappa shape index (κ1) is 20.2. The number of benzene rings is 2. The number of nitrogens with zero attached hydrogens (tertiary/aromatic N) is 1. The summed E-state index contributed by atoms with van der Waals surface area (Å²) in [4.78, 5) is 38.1. The number of hydrogen-bond donors (Lipinski definition) is 3. The number of amides is 3. The fourth-order valence-corrected chi connectivity index (χ4v) is 3.19. The van der Waals surface area contributed by atoms with Crippen LogP contribution < -0.4 is 20.3 Å². The van der Waals surface area contributed by atoms with Crippen molar-refractivity contribution in [1.29, 1.82) is 0 Å². The zero-order chi connectivity index (χ0) is 21.1. The van der Waals surface area contributed by atoms with Crippen molar-refractivity contribution in [1.82, 2.24) is 10.6 Å². The number of hydrogen-bond acceptors (Lipinski definition) is 4. The Balaban J connectivity index is 1.89. The average molecular weight is 397 g/mol. The monoisotopic (exact) mass is 397 g/mol. The van der Waals surface area contributed by atoms with Gasteiger partial charge < -0.3 is 20.5 Å². The number of ether oxygens (including phenoxy) is 1. The van der Waals surface area contributed by atoms with Crippen molar-refractivity contribution >= 4 is 23.6 Å². The highest BCUT2D eigenvalue weighted by atomic mass is 16.5. The predicted octanol–water partition coefficient (Wildman–Crippen LogP) is 2.40. The summed E-state index contributed by atoms with van der Waals surface area (Å²) in [6.45, 7) is 4.75. The fraction of sp³-hybridized carbons (Fsp3) is 0.286. The van der Waals surface area contributed by atoms with Crippen LogP contribution in [0.1, 0.15) is 33.1 Å². The van der Waals surface area contributed by atoms with Gasteiger partial charge in [-0.05, 0) is 48.7 Å². The van der Waals surface area contributed by atoms with Crippen molar-refractivity contribution in [3.63, 3.8) is 0 Å². The lowest BCUT2D eigenvalue weighted by Crippen LogP contribution is -2.34. The Morgan fingerprint density at radius 2 is 1.93 bits per heavy atom. The molecule has 2 aromatic rings. The molecule has 3 N–H and O–H groups in total. The Hall–Kier alpha value is -3.55. The molecule has 1 atom stereocenters. The maximum absolute atomic E-state index is 12.8. The van der Waals surface area contributed by atoms with Crippen LogP contribution in [0.2, 0.25) is 0 Å². The SMILES string of the molecule is COc1ccc(C(=O)NC(C(=O)O)c2ccc(C)c(C)c2)cc1N1CCNC1=O. The van der Waals surface area contributed by atoms with E-state index >= 15 is 0 Å². The largest absolute Gasteiger partial charge is 0.495 e. The van der Waals surface area contributed by atoms with Gasteiger partial charge in [0.15, 0.2) is 6.04 Å². The second-order valence-corrected chi connectivity index (χ2v) is 6.86. The van der Waals surface area contributed by atoms with Gasteiger partial charge in [-0.15, -0.1) is 0 Å². The van der Waals surface area contributed by atoms with Gasteiger partial charge in [0.25, 0.3) is 5.91 Å². The summed E-state index contributed by atoms with van der Waals surface area (Å²) in [6, 6.07) is 8.44. The summed E-state index contributed by atoms with van der Waals surface area (Å²) < 4.78 is 5.31. The highest BCUT2D eigenvalue weighted by Gasteiger charge is 2.27. The van der Waals surface area contributed by atoms with Gasteiger partial charge in [0.05, 0.1) is 12.8 Å². The summed E-state index contributed by atoms with van der Waals surface area (Å²) >= 11 is 0. The van der Waals surface area contributed by atoms with Crippen LogP contribution in [0.4, 0.5) is 10.5 Å². The van der Waals surface area contributed by atoms with E-state index in [1.165, 1.54) is 24.1 Å². The van der Waals surface area contributed by atoms with Crippen molar-refractivity contribution in [2.24, 2.45) is 0 Å². The molecule has 0 aliphatic carbocycles. The molecule has 1 saturated heterocycles. The molecular weight excluding hydrogens is 374 g/mol. The topological polar surface area (TPSA) is 108 Å². The third kappa shape index (κ3) is 4.16. The molecule has 8 nitrogen and oxygen atoms in total. The van der Waals surface area contributed by atoms with Crippen molar-refractivity contribution in [3.8, 4) is 5.75 Å². The Morgan fingerprint density at radius 1 is 1.17 bits per heavy atom. The third-order valence-electron chi connectivity index (χ3n) is 4.98. The molecule has 1 aliphatic rings. The molecule has 8 heteroatoms. The molecule has 0 radical (unpaired) electrons. The number of carbonyl (C=O) groups is 3. The summed E-state index contributed by atoms with van der Waals surface area (Å²) in [5, 5.41) is 14.9. The lowest BCUT2D eigenvalue weighted by atomic mass is 10.0. The van der Waals surface area contributed by atoms with E-state index in [1.54, 1.807) is 18.2 Å². The molecule has 29 heavy (non-hydrogen) atoms. The number of rotatable bonds is 6. The van der Waals surface area contributed by atoms with Crippen LogP contribution in [0.5, 0.6) is 5.75 Å². The van der Waals surface area contributed by atoms with Gasteiger partial charge in [0.2, 0.25) is 0 Å². The number of carbonyl (C=O) groups excluding carboxylic acids is 2. The maximum Gasteiger partial charge on any atom is 0.330 e. The zero-order valence-electron chi connectivity index (χ0n) is 16.5. The normalized spacial score (nSPS) is 14.3. The molecule has 3 rings (SSSR count). The third-order valence-corrected chi connectivity index (χ3v) is 4.98. The predicted molar refractivity (Wildman–Crippen MR) is 107 cm³/mol. The average Bonchev–Trinajstić information content (AvgIpc) is 3.13. The number of carboxylic acid groups (broad SMARTS) is 1. The first-order valence-electron chi connectivity index (χ1n) is 9.16. The Labute approximate surface area is 168 Å². The molecular formula is C21H23N3O5. The number of anilines is 1. The summed E-state index contributed by atoms with van der Waals surface area (Å²) in [5.74, 6) is -1.27. The lowest BCUT2D eigenvalue weighted by Gasteiger charge is -2.20. The minimum Gasteiger partial charge on any atom is -0.495 e. The standard InChI is InChI=1S/C21H23N3O5/c1-12-4-5-14(10-13(12)2)18(20(26)27)23-19(25)15-6-7-17(29-3)16(11-15)24-9-8-22-21(24)28/h4-7,10-11,18H,8-9H2,1-3H3,(H,22,28)(H,23,25)(H,26,27). The quantitative estimate of drug-likeness (QED) is 0.694. The molecule has 152 valence electrons. The van der Waals surface area contributed by atoms with Crippen LogP contribution in [0.3, 0.4) is 0 Å². The second kappa shape index (κ2) is 8.22. The van der Waals surface area contributed by atoms with Gasteiger partial charge in [-0.1, -0.05) is 18.2 Å². The van der Waals surface area contributed by atoms with Gasteiger partial charge in [-0.2, -0.15) is 0 Å². The van der Waals surface area contributed by atoms with Crippen molar-refractivity contribution in [3.05, 3.63) is 58.7 Å². The maximum atomic E-state index is 12.8. The van der Waals surface area contributed by atoms with E-state index in [0.717, 1.165) is 11.1 Å². The van der Waals surface area contributed by atoms with Crippen LogP contribution in [0.15, 0.2) is 36.4 Å². The van der Waals surface area contributed by atoms with Crippen LogP contribution in [-0.4, -0.2) is 43.2 Å². The van der Waals surface area contributed by atoms with Crippen LogP contribution >= 0.6 is 0 Å². The molecule has 2 aromatic carbocycles. The van der Waals surface area contributed by atoms with Crippen LogP contribution in [0, 0.1) is 13.8 Å². The Morgan fingerprint density at radius 3 is 2.52 bits per heavy atom. The molecule has 1 unspecified atom stereocenters. The first-order chi connectivity index (χ1) is 13.8. The Bertz CT molecular complexity index is 973. The highest BCUT2D eigenvalue weighted by molar-refractivity contribution is 6.01. The fourth-order valence-electron chi connectivity index (χ4n) is 3.19. The van der Waals surface area contributed by atoms with E-state index < -0.39 is 17.9 Å². The van der Waals surface area contributed by atoms with Gasteiger partial charge in [-0.3, -0.25) is 9.69 Å². The number of aliphatic carboxylic acids is 1. The Kier molecular flexibility index (Phi) is 5.72. The lowest BCUT2D eigenvalue weighted by molar-refractivity contribution is -0.139. The molecule has 1 fully saturated rings. The van der Waals surface area contributed by atoms with Gasteiger partial charge in [-0.25, -0.2) is 9.59 Å². The number of aryl methyl sites for hydroxylation is 2. The smallest absolute Gasteiger partial charge is 0.330 e. The van der Waals surface area contributed by atoms with Gasteiger partial charge >= 0.3 is 12.0 Å². The molecule has 1 aliphatic heterocycles. The molecule has 0 bridgehead atoms. The number of nitrogens with one attached hydrogen (secondary N) is 2. The van der Waals surface area contributed by atoms with Crippen molar-refractivity contribution in [2.45, 2.75) is 19.9 Å². The minimum absolute atomic E-state index is 0.232. The second-order valence-electron chi connectivity index (χ2n) is 6.86. The van der Waals surface area contributed by atoms with Gasteiger partial charge in [0, 0.05) is 18.7 Å². The van der Waals surface area contributed by atoms with E-state index in [1.807, 2.05) is 19.9 Å². The number of carboxylic acids is 1. The highest BCUT2D eigenvalue weighted by Crippen LogP contribution is 2.30. The van der Waals surface area contributed by atoms with E-state index in [0.29, 0.717) is 30.1 Å². The summed E-state index contributed by atoms with van der Waals surface area (Å²) in [5.41, 5.74) is 3.15. The van der Waals surface area contributed by atoms with E-state index in [4.69, 9.17) is 4.74 Å². The molecule has 0 aromatic heterocycles. The van der Waals surface area contributed by atoms with Crippen LogP contribution in [-0.2, 0) is 4.79 Å². The van der Waals surface area contributed by atoms with E-state index in [-0.39, 0.29) is 11.6 Å². The molecule has 0 spiro atoms. The van der Waals surface area contributed by atoms with Crippen LogP contribution in [0.25, 0.3) is 0 Å².